The van der Waals surface area contributed by atoms with Gasteiger partial charge in [0.15, 0.2) is 6.19 Å². The van der Waals surface area contributed by atoms with E-state index in [0.29, 0.717) is 11.9 Å². The molecule has 0 radical (unpaired) electrons. The molecule has 0 spiro atoms. The molecule has 0 aliphatic carbocycles. The molecule has 2 aromatic carbocycles. The number of guanidine groups is 1. The van der Waals surface area contributed by atoms with E-state index in [1.165, 1.54) is 0 Å². The maximum atomic E-state index is 9.32. The van der Waals surface area contributed by atoms with Crippen LogP contribution in [-0.2, 0) is 7.05 Å². The second kappa shape index (κ2) is 8.46. The minimum atomic E-state index is 0.196. The van der Waals surface area contributed by atoms with Gasteiger partial charge >= 0.3 is 0 Å². The van der Waals surface area contributed by atoms with Gasteiger partial charge in [-0.2, -0.15) is 5.26 Å². The Kier molecular flexibility index (Phi) is 5.57. The van der Waals surface area contributed by atoms with Crippen LogP contribution in [0, 0.1) is 17.4 Å². The predicted octanol–water partition coefficient (Wildman–Crippen LogP) is 3.48. The Labute approximate surface area is 177 Å². The maximum Gasteiger partial charge on any atom is 0.212 e. The number of rotatable bonds is 3. The van der Waals surface area contributed by atoms with Gasteiger partial charge in [0, 0.05) is 26.7 Å². The Balaban J connectivity index is 1.63. The SMILES string of the molecule is CC(C)C1CN(c2nc3ccccc3n2C)CCN1C(=Nc1ccccc1)NC#N. The fourth-order valence-electron chi connectivity index (χ4n) is 4.08. The number of aryl methyl sites for hydroxylation is 1. The van der Waals surface area contributed by atoms with Crippen molar-refractivity contribution in [1.29, 1.82) is 5.26 Å². The Morgan fingerprint density at radius 1 is 1.13 bits per heavy atom. The van der Waals surface area contributed by atoms with E-state index < -0.39 is 0 Å². The van der Waals surface area contributed by atoms with Crippen molar-refractivity contribution >= 4 is 28.6 Å². The third kappa shape index (κ3) is 3.81. The molecule has 1 atom stereocenters. The second-order valence-electron chi connectivity index (χ2n) is 7.92. The molecule has 7 nitrogen and oxygen atoms in total. The van der Waals surface area contributed by atoms with Crippen molar-refractivity contribution in [3.63, 3.8) is 0 Å². The van der Waals surface area contributed by atoms with Crippen LogP contribution < -0.4 is 10.2 Å². The second-order valence-corrected chi connectivity index (χ2v) is 7.92. The lowest BCUT2D eigenvalue weighted by molar-refractivity contribution is 0.219. The van der Waals surface area contributed by atoms with Crippen molar-refractivity contribution in [2.45, 2.75) is 19.9 Å². The van der Waals surface area contributed by atoms with E-state index in [2.05, 4.69) is 58.9 Å². The smallest absolute Gasteiger partial charge is 0.212 e. The first kappa shape index (κ1) is 19.8. The lowest BCUT2D eigenvalue weighted by Gasteiger charge is -2.44. The Morgan fingerprint density at radius 2 is 1.87 bits per heavy atom. The highest BCUT2D eigenvalue weighted by molar-refractivity contribution is 5.85. The van der Waals surface area contributed by atoms with Crippen LogP contribution in [0.15, 0.2) is 59.6 Å². The summed E-state index contributed by atoms with van der Waals surface area (Å²) in [5.74, 6) is 1.97. The van der Waals surface area contributed by atoms with Crippen LogP contribution in [0.4, 0.5) is 11.6 Å². The fraction of sp³-hybridized carbons (Fsp3) is 0.348. The predicted molar refractivity (Wildman–Crippen MR) is 121 cm³/mol. The van der Waals surface area contributed by atoms with Crippen LogP contribution in [0.25, 0.3) is 11.0 Å². The number of nitrogens with one attached hydrogen (secondary N) is 1. The van der Waals surface area contributed by atoms with E-state index in [0.717, 1.165) is 42.3 Å². The Morgan fingerprint density at radius 3 is 2.57 bits per heavy atom. The molecular weight excluding hydrogens is 374 g/mol. The van der Waals surface area contributed by atoms with Gasteiger partial charge in [-0.05, 0) is 30.2 Å². The third-order valence-corrected chi connectivity index (χ3v) is 5.67. The first-order chi connectivity index (χ1) is 14.6. The molecule has 1 saturated heterocycles. The van der Waals surface area contributed by atoms with Crippen LogP contribution in [0.1, 0.15) is 13.8 Å². The minimum Gasteiger partial charge on any atom is -0.338 e. The van der Waals surface area contributed by atoms with Crippen molar-refractivity contribution in [2.75, 3.05) is 24.5 Å². The number of nitriles is 1. The Hall–Kier alpha value is -3.53. The van der Waals surface area contributed by atoms with Gasteiger partial charge in [0.05, 0.1) is 22.8 Å². The number of nitrogens with zero attached hydrogens (tertiary/aromatic N) is 6. The molecule has 0 bridgehead atoms. The van der Waals surface area contributed by atoms with Crippen LogP contribution in [-0.4, -0.2) is 46.1 Å². The number of fused-ring (bicyclic) bond motifs is 1. The number of hydrogen-bond donors (Lipinski definition) is 1. The molecule has 7 heteroatoms. The van der Waals surface area contributed by atoms with E-state index in [9.17, 15) is 5.26 Å². The standard InChI is InChI=1S/C23H27N7/c1-17(2)21-15-29(23-27-19-11-7-8-12-20(19)28(23)3)13-14-30(21)22(25-16-24)26-18-9-5-4-6-10-18/h4-12,17,21H,13-15H2,1-3H3,(H,25,26). The molecule has 1 aromatic heterocycles. The topological polar surface area (TPSA) is 72.5 Å². The summed E-state index contributed by atoms with van der Waals surface area (Å²) in [7, 11) is 2.07. The highest BCUT2D eigenvalue weighted by Crippen LogP contribution is 2.26. The van der Waals surface area contributed by atoms with Gasteiger partial charge in [0.1, 0.15) is 0 Å². The van der Waals surface area contributed by atoms with Crippen LogP contribution >= 0.6 is 0 Å². The molecular formula is C23H27N7. The average molecular weight is 402 g/mol. The quantitative estimate of drug-likeness (QED) is 0.315. The zero-order valence-electron chi connectivity index (χ0n) is 17.7. The summed E-state index contributed by atoms with van der Waals surface area (Å²) in [6.45, 7) is 6.80. The van der Waals surface area contributed by atoms with Gasteiger partial charge in [-0.25, -0.2) is 9.98 Å². The molecule has 0 amide bonds. The van der Waals surface area contributed by atoms with E-state index in [-0.39, 0.29) is 6.04 Å². The number of benzene rings is 2. The number of anilines is 1. The fourth-order valence-corrected chi connectivity index (χ4v) is 4.08. The summed E-state index contributed by atoms with van der Waals surface area (Å²) < 4.78 is 2.16. The van der Waals surface area contributed by atoms with E-state index in [1.807, 2.05) is 42.5 Å². The maximum absolute atomic E-state index is 9.32. The van der Waals surface area contributed by atoms with Gasteiger partial charge in [0.2, 0.25) is 11.9 Å². The molecule has 1 N–H and O–H groups in total. The summed E-state index contributed by atoms with van der Waals surface area (Å²) in [4.78, 5) is 14.2. The Bertz CT molecular complexity index is 1080. The van der Waals surface area contributed by atoms with Crippen LogP contribution in [0.5, 0.6) is 0 Å². The molecule has 2 heterocycles. The van der Waals surface area contributed by atoms with Gasteiger partial charge in [-0.1, -0.05) is 44.2 Å². The van der Waals surface area contributed by atoms with Gasteiger partial charge in [-0.3, -0.25) is 5.32 Å². The highest BCUT2D eigenvalue weighted by Gasteiger charge is 2.33. The molecule has 30 heavy (non-hydrogen) atoms. The average Bonchev–Trinajstić information content (AvgIpc) is 3.10. The summed E-state index contributed by atoms with van der Waals surface area (Å²) in [5.41, 5.74) is 2.97. The third-order valence-electron chi connectivity index (χ3n) is 5.67. The number of aromatic nitrogens is 2. The van der Waals surface area contributed by atoms with Crippen LogP contribution in [0.3, 0.4) is 0 Å². The van der Waals surface area contributed by atoms with Gasteiger partial charge in [0.25, 0.3) is 0 Å². The number of para-hydroxylation sites is 3. The number of piperazine rings is 1. The molecule has 1 aliphatic rings. The zero-order chi connectivity index (χ0) is 21.1. The minimum absolute atomic E-state index is 0.196. The normalized spacial score (nSPS) is 17.4. The van der Waals surface area contributed by atoms with E-state index in [4.69, 9.17) is 9.98 Å². The van der Waals surface area contributed by atoms with Crippen molar-refractivity contribution in [1.82, 2.24) is 19.8 Å². The van der Waals surface area contributed by atoms with Crippen molar-refractivity contribution in [3.05, 3.63) is 54.6 Å². The molecule has 0 saturated carbocycles. The number of imidazole rings is 1. The molecule has 1 aliphatic heterocycles. The monoisotopic (exact) mass is 401 g/mol. The zero-order valence-corrected chi connectivity index (χ0v) is 17.7. The van der Waals surface area contributed by atoms with Crippen molar-refractivity contribution in [3.8, 4) is 6.19 Å². The highest BCUT2D eigenvalue weighted by atomic mass is 15.4. The van der Waals surface area contributed by atoms with Crippen molar-refractivity contribution < 1.29 is 0 Å². The van der Waals surface area contributed by atoms with Crippen molar-refractivity contribution in [2.24, 2.45) is 18.0 Å². The molecule has 1 unspecified atom stereocenters. The van der Waals surface area contributed by atoms with Gasteiger partial charge < -0.3 is 14.4 Å². The number of hydrogen-bond acceptors (Lipinski definition) is 4. The molecule has 1 fully saturated rings. The summed E-state index contributed by atoms with van der Waals surface area (Å²) in [6, 6.07) is 18.2. The largest absolute Gasteiger partial charge is 0.338 e. The van der Waals surface area contributed by atoms with E-state index in [1.54, 1.807) is 0 Å². The molecule has 3 aromatic rings. The number of aliphatic imine (C=N–C) groups is 1. The van der Waals surface area contributed by atoms with Gasteiger partial charge in [-0.15, -0.1) is 0 Å². The first-order valence-electron chi connectivity index (χ1n) is 10.3. The first-order valence-corrected chi connectivity index (χ1v) is 10.3. The summed E-state index contributed by atoms with van der Waals surface area (Å²) in [6.07, 6.45) is 2.06. The summed E-state index contributed by atoms with van der Waals surface area (Å²) in [5, 5.41) is 12.1. The molecule has 154 valence electrons. The van der Waals surface area contributed by atoms with E-state index >= 15 is 0 Å². The van der Waals surface area contributed by atoms with Crippen LogP contribution in [0.2, 0.25) is 0 Å². The molecule has 4 rings (SSSR count). The summed E-state index contributed by atoms with van der Waals surface area (Å²) >= 11 is 0. The lowest BCUT2D eigenvalue weighted by atomic mass is 10.00. The lowest BCUT2D eigenvalue weighted by Crippen LogP contribution is -2.59.